The number of allylic oxidation sites excluding steroid dienone is 1. The SMILES string of the molecule is C=C(C=O)[C@H](c1ccccc1)c1ccc(C)c(C)c1. The third-order valence-corrected chi connectivity index (χ3v) is 3.52. The molecule has 0 amide bonds. The van der Waals surface area contributed by atoms with Crippen LogP contribution in [0.2, 0.25) is 0 Å². The molecular formula is C18H18O. The summed E-state index contributed by atoms with van der Waals surface area (Å²) < 4.78 is 0. The number of carbonyl (C=O) groups excluding carboxylic acids is 1. The molecule has 0 bridgehead atoms. The molecule has 0 spiro atoms. The lowest BCUT2D eigenvalue weighted by Gasteiger charge is -2.18. The Hall–Kier alpha value is -2.15. The van der Waals surface area contributed by atoms with Crippen LogP contribution in [0.4, 0.5) is 0 Å². The Morgan fingerprint density at radius 1 is 1.00 bits per heavy atom. The van der Waals surface area contributed by atoms with Crippen molar-refractivity contribution in [1.29, 1.82) is 0 Å². The van der Waals surface area contributed by atoms with Gasteiger partial charge in [-0.1, -0.05) is 55.1 Å². The lowest BCUT2D eigenvalue weighted by atomic mass is 9.85. The van der Waals surface area contributed by atoms with Crippen LogP contribution in [0.25, 0.3) is 0 Å². The Balaban J connectivity index is 2.52. The highest BCUT2D eigenvalue weighted by Gasteiger charge is 2.17. The third-order valence-electron chi connectivity index (χ3n) is 3.52. The number of hydrogen-bond donors (Lipinski definition) is 0. The normalized spacial score (nSPS) is 11.9. The quantitative estimate of drug-likeness (QED) is 0.587. The molecule has 0 unspecified atom stereocenters. The molecule has 0 aliphatic heterocycles. The molecule has 0 fully saturated rings. The molecule has 0 saturated heterocycles. The Labute approximate surface area is 114 Å². The van der Waals surface area contributed by atoms with Gasteiger partial charge >= 0.3 is 0 Å². The first kappa shape index (κ1) is 13.3. The number of carbonyl (C=O) groups is 1. The van der Waals surface area contributed by atoms with Crippen molar-refractivity contribution in [3.05, 3.63) is 82.9 Å². The van der Waals surface area contributed by atoms with Gasteiger partial charge in [0.15, 0.2) is 0 Å². The summed E-state index contributed by atoms with van der Waals surface area (Å²) in [6.07, 6.45) is 0.854. The van der Waals surface area contributed by atoms with Crippen LogP contribution in [-0.4, -0.2) is 6.29 Å². The molecule has 0 aliphatic rings. The van der Waals surface area contributed by atoms with Crippen LogP contribution in [0, 0.1) is 13.8 Å². The molecule has 2 aromatic carbocycles. The fraction of sp³-hybridized carbons (Fsp3) is 0.167. The van der Waals surface area contributed by atoms with Gasteiger partial charge < -0.3 is 0 Å². The van der Waals surface area contributed by atoms with E-state index in [0.29, 0.717) is 5.57 Å². The molecule has 0 N–H and O–H groups in total. The van der Waals surface area contributed by atoms with E-state index < -0.39 is 0 Å². The van der Waals surface area contributed by atoms with E-state index in [-0.39, 0.29) is 5.92 Å². The molecule has 0 saturated carbocycles. The minimum Gasteiger partial charge on any atom is -0.298 e. The van der Waals surface area contributed by atoms with Gasteiger partial charge in [-0.15, -0.1) is 0 Å². The van der Waals surface area contributed by atoms with Crippen LogP contribution in [0.3, 0.4) is 0 Å². The Morgan fingerprint density at radius 3 is 2.26 bits per heavy atom. The molecular weight excluding hydrogens is 232 g/mol. The summed E-state index contributed by atoms with van der Waals surface area (Å²) in [4.78, 5) is 11.1. The van der Waals surface area contributed by atoms with E-state index >= 15 is 0 Å². The van der Waals surface area contributed by atoms with Crippen molar-refractivity contribution >= 4 is 6.29 Å². The van der Waals surface area contributed by atoms with Gasteiger partial charge in [-0.25, -0.2) is 0 Å². The maximum absolute atomic E-state index is 11.1. The van der Waals surface area contributed by atoms with Gasteiger partial charge in [0.25, 0.3) is 0 Å². The van der Waals surface area contributed by atoms with Crippen molar-refractivity contribution in [2.45, 2.75) is 19.8 Å². The summed E-state index contributed by atoms with van der Waals surface area (Å²) in [6, 6.07) is 16.3. The summed E-state index contributed by atoms with van der Waals surface area (Å²) in [5.41, 5.74) is 5.30. The van der Waals surface area contributed by atoms with Crippen molar-refractivity contribution in [3.63, 3.8) is 0 Å². The maximum atomic E-state index is 11.1. The molecule has 1 nitrogen and oxygen atoms in total. The smallest absolute Gasteiger partial charge is 0.146 e. The number of benzene rings is 2. The van der Waals surface area contributed by atoms with Crippen LogP contribution in [-0.2, 0) is 4.79 Å². The summed E-state index contributed by atoms with van der Waals surface area (Å²) in [5, 5.41) is 0. The number of rotatable bonds is 4. The van der Waals surface area contributed by atoms with Crippen LogP contribution in [0.15, 0.2) is 60.7 Å². The largest absolute Gasteiger partial charge is 0.298 e. The van der Waals surface area contributed by atoms with Gasteiger partial charge in [0.2, 0.25) is 0 Å². The molecule has 0 aliphatic carbocycles. The van der Waals surface area contributed by atoms with Crippen molar-refractivity contribution in [2.24, 2.45) is 0 Å². The summed E-state index contributed by atoms with van der Waals surface area (Å²) >= 11 is 0. The molecule has 0 radical (unpaired) electrons. The summed E-state index contributed by atoms with van der Waals surface area (Å²) in [7, 11) is 0. The van der Waals surface area contributed by atoms with Crippen LogP contribution < -0.4 is 0 Å². The fourth-order valence-corrected chi connectivity index (χ4v) is 2.28. The first-order chi connectivity index (χ1) is 9.13. The van der Waals surface area contributed by atoms with Crippen molar-refractivity contribution in [3.8, 4) is 0 Å². The highest BCUT2D eigenvalue weighted by Crippen LogP contribution is 2.31. The van der Waals surface area contributed by atoms with Gasteiger partial charge in [-0.3, -0.25) is 4.79 Å². The molecule has 96 valence electrons. The molecule has 0 aromatic heterocycles. The zero-order valence-corrected chi connectivity index (χ0v) is 11.4. The van der Waals surface area contributed by atoms with Gasteiger partial charge in [-0.2, -0.15) is 0 Å². The zero-order chi connectivity index (χ0) is 13.8. The number of hydrogen-bond acceptors (Lipinski definition) is 1. The molecule has 1 heteroatoms. The minimum atomic E-state index is -0.0574. The third kappa shape index (κ3) is 2.82. The monoisotopic (exact) mass is 250 g/mol. The highest BCUT2D eigenvalue weighted by atomic mass is 16.1. The van der Waals surface area contributed by atoms with E-state index in [9.17, 15) is 4.79 Å². The summed E-state index contributed by atoms with van der Waals surface area (Å²) in [5.74, 6) is -0.0574. The lowest BCUT2D eigenvalue weighted by Crippen LogP contribution is -2.05. The van der Waals surface area contributed by atoms with E-state index in [0.717, 1.165) is 17.4 Å². The lowest BCUT2D eigenvalue weighted by molar-refractivity contribution is -0.105. The molecule has 2 rings (SSSR count). The first-order valence-corrected chi connectivity index (χ1v) is 6.39. The fourth-order valence-electron chi connectivity index (χ4n) is 2.28. The number of aldehydes is 1. The number of aryl methyl sites for hydroxylation is 2. The molecule has 0 heterocycles. The second-order valence-electron chi connectivity index (χ2n) is 4.88. The van der Waals surface area contributed by atoms with Crippen molar-refractivity contribution < 1.29 is 4.79 Å². The van der Waals surface area contributed by atoms with E-state index in [1.165, 1.54) is 11.1 Å². The van der Waals surface area contributed by atoms with E-state index in [2.05, 4.69) is 38.6 Å². The predicted octanol–water partition coefficient (Wildman–Crippen LogP) is 4.19. The van der Waals surface area contributed by atoms with E-state index in [1.54, 1.807) is 0 Å². The topological polar surface area (TPSA) is 17.1 Å². The molecule has 19 heavy (non-hydrogen) atoms. The average molecular weight is 250 g/mol. The summed E-state index contributed by atoms with van der Waals surface area (Å²) in [6.45, 7) is 8.09. The van der Waals surface area contributed by atoms with Gasteiger partial charge in [0.05, 0.1) is 0 Å². The first-order valence-electron chi connectivity index (χ1n) is 6.39. The van der Waals surface area contributed by atoms with Crippen LogP contribution in [0.1, 0.15) is 28.2 Å². The van der Waals surface area contributed by atoms with Gasteiger partial charge in [-0.05, 0) is 41.7 Å². The van der Waals surface area contributed by atoms with E-state index in [4.69, 9.17) is 0 Å². The Kier molecular flexibility index (Phi) is 3.96. The molecule has 1 atom stereocenters. The Bertz CT molecular complexity index is 596. The Morgan fingerprint density at radius 2 is 1.68 bits per heavy atom. The van der Waals surface area contributed by atoms with Crippen LogP contribution in [0.5, 0.6) is 0 Å². The van der Waals surface area contributed by atoms with Gasteiger partial charge in [0, 0.05) is 5.92 Å². The van der Waals surface area contributed by atoms with E-state index in [1.807, 2.05) is 30.3 Å². The average Bonchev–Trinajstić information content (AvgIpc) is 2.44. The van der Waals surface area contributed by atoms with Crippen LogP contribution >= 0.6 is 0 Å². The standard InChI is InChI=1S/C18H18O/c1-13-9-10-17(11-14(13)2)18(15(3)12-19)16-7-5-4-6-8-16/h4-12,18H,3H2,1-2H3/t18-/m1/s1. The minimum absolute atomic E-state index is 0.0574. The highest BCUT2D eigenvalue weighted by molar-refractivity contribution is 5.76. The molecule has 2 aromatic rings. The van der Waals surface area contributed by atoms with Crippen molar-refractivity contribution in [1.82, 2.24) is 0 Å². The van der Waals surface area contributed by atoms with Crippen molar-refractivity contribution in [2.75, 3.05) is 0 Å². The van der Waals surface area contributed by atoms with Gasteiger partial charge in [0.1, 0.15) is 6.29 Å². The zero-order valence-electron chi connectivity index (χ0n) is 11.4. The predicted molar refractivity (Wildman–Crippen MR) is 79.4 cm³/mol. The second kappa shape index (κ2) is 5.66. The maximum Gasteiger partial charge on any atom is 0.146 e. The second-order valence-corrected chi connectivity index (χ2v) is 4.88.